The van der Waals surface area contributed by atoms with Crippen molar-refractivity contribution in [3.05, 3.63) is 39.8 Å². The molecule has 1 aromatic heterocycles. The van der Waals surface area contributed by atoms with Crippen molar-refractivity contribution in [3.63, 3.8) is 0 Å². The van der Waals surface area contributed by atoms with Crippen LogP contribution in [0.3, 0.4) is 0 Å². The van der Waals surface area contributed by atoms with Crippen LogP contribution in [0.4, 0.5) is 0 Å². The number of nitrogens with zero attached hydrogens (tertiary/aromatic N) is 1. The van der Waals surface area contributed by atoms with Crippen LogP contribution >= 0.6 is 11.3 Å². The number of thiazole rings is 1. The van der Waals surface area contributed by atoms with Crippen LogP contribution < -0.4 is 9.47 Å². The second-order valence-electron chi connectivity index (χ2n) is 5.21. The van der Waals surface area contributed by atoms with Gasteiger partial charge in [0.15, 0.2) is 11.5 Å². The molecule has 0 spiro atoms. The highest BCUT2D eigenvalue weighted by Crippen LogP contribution is 2.32. The number of aromatic nitrogens is 1. The van der Waals surface area contributed by atoms with Crippen molar-refractivity contribution >= 4 is 23.3 Å². The van der Waals surface area contributed by atoms with Crippen LogP contribution in [0, 0.1) is 0 Å². The van der Waals surface area contributed by atoms with Crippen molar-refractivity contribution in [1.29, 1.82) is 0 Å². The number of carbonyl (C=O) groups is 2. The maximum absolute atomic E-state index is 11.9. The van der Waals surface area contributed by atoms with Gasteiger partial charge in [-0.05, 0) is 31.0 Å². The summed E-state index contributed by atoms with van der Waals surface area (Å²) >= 11 is 1.17. The standard InChI is InChI=1S/C17H17NO6S/c1-2-21-17(20)16-18-12(9-25-16)8-22-15(19)6-4-11-3-5-13-14(7-11)24-10-23-13/h3,5,7,9H,2,4,6,8,10H2,1H3. The number of fused-ring (bicyclic) bond motifs is 1. The zero-order valence-electron chi connectivity index (χ0n) is 13.6. The van der Waals surface area contributed by atoms with Gasteiger partial charge in [-0.2, -0.15) is 0 Å². The Morgan fingerprint density at radius 1 is 1.24 bits per heavy atom. The van der Waals surface area contributed by atoms with E-state index in [0.29, 0.717) is 30.2 Å². The molecule has 0 N–H and O–H groups in total. The largest absolute Gasteiger partial charge is 0.461 e. The zero-order chi connectivity index (χ0) is 17.6. The lowest BCUT2D eigenvalue weighted by atomic mass is 10.1. The molecule has 0 radical (unpaired) electrons. The second kappa shape index (κ2) is 7.98. The smallest absolute Gasteiger partial charge is 0.367 e. The van der Waals surface area contributed by atoms with Crippen molar-refractivity contribution in [2.45, 2.75) is 26.4 Å². The molecule has 8 heteroatoms. The maximum atomic E-state index is 11.9. The summed E-state index contributed by atoms with van der Waals surface area (Å²) < 4.78 is 20.6. The van der Waals surface area contributed by atoms with E-state index in [4.69, 9.17) is 18.9 Å². The molecule has 7 nitrogen and oxygen atoms in total. The Hall–Kier alpha value is -2.61. The highest BCUT2D eigenvalue weighted by molar-refractivity contribution is 7.11. The lowest BCUT2D eigenvalue weighted by Crippen LogP contribution is -2.07. The normalized spacial score (nSPS) is 12.0. The third-order valence-corrected chi connectivity index (χ3v) is 4.31. The SMILES string of the molecule is CCOC(=O)c1nc(COC(=O)CCc2ccc3c(c2)OCO3)cs1. The Balaban J connectivity index is 1.44. The molecule has 25 heavy (non-hydrogen) atoms. The topological polar surface area (TPSA) is 84.0 Å². The summed E-state index contributed by atoms with van der Waals surface area (Å²) in [5, 5.41) is 1.94. The van der Waals surface area contributed by atoms with E-state index in [9.17, 15) is 9.59 Å². The molecule has 0 aliphatic carbocycles. The van der Waals surface area contributed by atoms with E-state index in [-0.39, 0.29) is 30.8 Å². The van der Waals surface area contributed by atoms with Gasteiger partial charge in [-0.1, -0.05) is 6.07 Å². The van der Waals surface area contributed by atoms with E-state index in [1.54, 1.807) is 12.3 Å². The minimum absolute atomic E-state index is 0.0376. The quantitative estimate of drug-likeness (QED) is 0.699. The molecule has 0 saturated carbocycles. The monoisotopic (exact) mass is 363 g/mol. The Bertz CT molecular complexity index is 772. The van der Waals surface area contributed by atoms with Crippen LogP contribution in [0.15, 0.2) is 23.6 Å². The summed E-state index contributed by atoms with van der Waals surface area (Å²) in [4.78, 5) is 27.5. The van der Waals surface area contributed by atoms with E-state index in [1.807, 2.05) is 18.2 Å². The molecular formula is C17H17NO6S. The van der Waals surface area contributed by atoms with Crippen molar-refractivity contribution in [3.8, 4) is 11.5 Å². The predicted molar refractivity (Wildman–Crippen MR) is 88.8 cm³/mol. The molecule has 1 aliphatic heterocycles. The van der Waals surface area contributed by atoms with Crippen LogP contribution in [-0.4, -0.2) is 30.3 Å². The first-order chi connectivity index (χ1) is 12.2. The fraction of sp³-hybridized carbons (Fsp3) is 0.353. The summed E-state index contributed by atoms with van der Waals surface area (Å²) in [6.45, 7) is 2.29. The summed E-state index contributed by atoms with van der Waals surface area (Å²) in [6.07, 6.45) is 0.787. The first-order valence-electron chi connectivity index (χ1n) is 7.81. The van der Waals surface area contributed by atoms with E-state index < -0.39 is 5.97 Å². The Kier molecular flexibility index (Phi) is 5.49. The van der Waals surface area contributed by atoms with E-state index in [2.05, 4.69) is 4.98 Å². The van der Waals surface area contributed by atoms with Gasteiger partial charge >= 0.3 is 11.9 Å². The number of aryl methyl sites for hydroxylation is 1. The van der Waals surface area contributed by atoms with E-state index in [1.165, 1.54) is 11.3 Å². The molecule has 1 aromatic carbocycles. The van der Waals surface area contributed by atoms with Crippen molar-refractivity contribution in [1.82, 2.24) is 4.98 Å². The summed E-state index contributed by atoms with van der Waals surface area (Å²) in [5.74, 6) is 0.614. The van der Waals surface area contributed by atoms with Gasteiger partial charge < -0.3 is 18.9 Å². The molecule has 0 bridgehead atoms. The molecule has 1 aliphatic rings. The lowest BCUT2D eigenvalue weighted by molar-refractivity contribution is -0.145. The predicted octanol–water partition coefficient (Wildman–Crippen LogP) is 2.72. The number of carbonyl (C=O) groups excluding carboxylic acids is 2. The second-order valence-corrected chi connectivity index (χ2v) is 6.07. The number of esters is 2. The fourth-order valence-electron chi connectivity index (χ4n) is 2.23. The van der Waals surface area contributed by atoms with Gasteiger partial charge in [0, 0.05) is 11.8 Å². The molecule has 2 aromatic rings. The molecule has 0 amide bonds. The molecule has 132 valence electrons. The molecule has 0 unspecified atom stereocenters. The fourth-order valence-corrected chi connectivity index (χ4v) is 2.92. The molecule has 2 heterocycles. The van der Waals surface area contributed by atoms with Gasteiger partial charge in [0.2, 0.25) is 11.8 Å². The molecular weight excluding hydrogens is 346 g/mol. The van der Waals surface area contributed by atoms with Gasteiger partial charge in [-0.25, -0.2) is 9.78 Å². The van der Waals surface area contributed by atoms with Gasteiger partial charge in [0.05, 0.1) is 12.3 Å². The summed E-state index contributed by atoms with van der Waals surface area (Å²) in [7, 11) is 0. The number of hydrogen-bond acceptors (Lipinski definition) is 8. The Morgan fingerprint density at radius 2 is 2.08 bits per heavy atom. The first-order valence-corrected chi connectivity index (χ1v) is 8.69. The van der Waals surface area contributed by atoms with Crippen molar-refractivity contribution < 1.29 is 28.5 Å². The van der Waals surface area contributed by atoms with Crippen LogP contribution in [0.25, 0.3) is 0 Å². The maximum Gasteiger partial charge on any atom is 0.367 e. The Labute approximate surface area is 148 Å². The summed E-state index contributed by atoms with van der Waals surface area (Å²) in [6, 6.07) is 5.59. The van der Waals surface area contributed by atoms with Crippen molar-refractivity contribution in [2.75, 3.05) is 13.4 Å². The molecule has 0 atom stereocenters. The van der Waals surface area contributed by atoms with Crippen LogP contribution in [0.2, 0.25) is 0 Å². The van der Waals surface area contributed by atoms with E-state index in [0.717, 1.165) is 5.56 Å². The summed E-state index contributed by atoms with van der Waals surface area (Å²) in [5.41, 5.74) is 1.50. The molecule has 3 rings (SSSR count). The lowest BCUT2D eigenvalue weighted by Gasteiger charge is -2.04. The van der Waals surface area contributed by atoms with Gasteiger partial charge in [0.1, 0.15) is 6.61 Å². The molecule has 0 saturated heterocycles. The number of hydrogen-bond donors (Lipinski definition) is 0. The number of benzene rings is 1. The van der Waals surface area contributed by atoms with Crippen LogP contribution in [-0.2, 0) is 27.3 Å². The average Bonchev–Trinajstić information content (AvgIpc) is 3.27. The number of rotatable bonds is 7. The highest BCUT2D eigenvalue weighted by atomic mass is 32.1. The van der Waals surface area contributed by atoms with Gasteiger partial charge in [0.25, 0.3) is 0 Å². The van der Waals surface area contributed by atoms with E-state index >= 15 is 0 Å². The Morgan fingerprint density at radius 3 is 2.92 bits per heavy atom. The van der Waals surface area contributed by atoms with Crippen molar-refractivity contribution in [2.24, 2.45) is 0 Å². The third kappa shape index (κ3) is 4.48. The average molecular weight is 363 g/mol. The minimum atomic E-state index is -0.465. The molecule has 0 fully saturated rings. The minimum Gasteiger partial charge on any atom is -0.461 e. The van der Waals surface area contributed by atoms with Crippen LogP contribution in [0.5, 0.6) is 11.5 Å². The third-order valence-electron chi connectivity index (χ3n) is 3.44. The zero-order valence-corrected chi connectivity index (χ0v) is 14.5. The first kappa shape index (κ1) is 17.2. The van der Waals surface area contributed by atoms with Gasteiger partial charge in [-0.3, -0.25) is 4.79 Å². The highest BCUT2D eigenvalue weighted by Gasteiger charge is 2.15. The van der Waals surface area contributed by atoms with Crippen LogP contribution in [0.1, 0.15) is 34.4 Å². The van der Waals surface area contributed by atoms with Gasteiger partial charge in [-0.15, -0.1) is 11.3 Å². The number of ether oxygens (including phenoxy) is 4.